The molecule has 5 aromatic rings. The number of rotatable bonds is 11. The van der Waals surface area contributed by atoms with E-state index >= 15 is 4.39 Å². The summed E-state index contributed by atoms with van der Waals surface area (Å²) in [6, 6.07) is 18.4. The van der Waals surface area contributed by atoms with Crippen LogP contribution in [0.4, 0.5) is 25.8 Å². The Kier molecular flexibility index (Phi) is 11.8. The number of imide groups is 1. The molecule has 4 saturated heterocycles. The van der Waals surface area contributed by atoms with E-state index < -0.39 is 22.2 Å². The number of anilines is 3. The fourth-order valence-corrected chi connectivity index (χ4v) is 12.0. The molecule has 2 N–H and O–H groups in total. The Labute approximate surface area is 382 Å². The molecule has 5 fully saturated rings. The lowest BCUT2D eigenvalue weighted by Crippen LogP contribution is -2.52. The summed E-state index contributed by atoms with van der Waals surface area (Å²) in [5.74, 6) is -0.258. The number of carbonyl (C=O) groups excluding carboxylic acids is 2. The summed E-state index contributed by atoms with van der Waals surface area (Å²) in [6.07, 6.45) is 11.4. The SMILES string of the molecule is O=C1CCC(c2ccc(N3CCC4(CC3)CC(CN3CCN(c5ccc(-n6cc(-c7cc(Cl)cc(NS(=O)(=O)N8CC[C@@H](F)C8)c7F)c(-c7ccncc7)n6)nc5)CC3)C4)cc2)C(=O)N1. The number of pyridine rings is 2. The third-order valence-corrected chi connectivity index (χ3v) is 15.8. The van der Waals surface area contributed by atoms with Gasteiger partial charge in [0.15, 0.2) is 11.6 Å². The molecular formula is C47H51ClF2N10O4S. The first kappa shape index (κ1) is 43.4. The van der Waals surface area contributed by atoms with Crippen molar-refractivity contribution in [2.24, 2.45) is 11.3 Å². The smallest absolute Gasteiger partial charge is 0.301 e. The minimum Gasteiger partial charge on any atom is -0.371 e. The molecule has 2 amide bonds. The highest BCUT2D eigenvalue weighted by Crippen LogP contribution is 2.53. The number of halogens is 3. The van der Waals surface area contributed by atoms with Crippen molar-refractivity contribution in [3.63, 3.8) is 0 Å². The van der Waals surface area contributed by atoms with E-state index in [1.165, 1.54) is 43.5 Å². The largest absolute Gasteiger partial charge is 0.371 e. The highest BCUT2D eigenvalue weighted by Gasteiger charge is 2.46. The van der Waals surface area contributed by atoms with Crippen molar-refractivity contribution < 1.29 is 26.8 Å². The van der Waals surface area contributed by atoms with Crippen molar-refractivity contribution in [2.45, 2.75) is 57.0 Å². The van der Waals surface area contributed by atoms with Crippen LogP contribution in [0.1, 0.15) is 56.4 Å². The number of carbonyl (C=O) groups is 2. The van der Waals surface area contributed by atoms with Crippen LogP contribution in [0.2, 0.25) is 5.02 Å². The lowest BCUT2D eigenvalue weighted by atomic mass is 9.57. The van der Waals surface area contributed by atoms with E-state index in [1.54, 1.807) is 35.4 Å². The van der Waals surface area contributed by atoms with Gasteiger partial charge in [-0.1, -0.05) is 23.7 Å². The summed E-state index contributed by atoms with van der Waals surface area (Å²) in [5.41, 5.74) is 4.74. The highest BCUT2D eigenvalue weighted by molar-refractivity contribution is 7.90. The number of hydrogen-bond acceptors (Lipinski definition) is 10. The summed E-state index contributed by atoms with van der Waals surface area (Å²) in [7, 11) is -4.24. The van der Waals surface area contributed by atoms with E-state index in [2.05, 4.69) is 41.9 Å². The van der Waals surface area contributed by atoms with E-state index in [4.69, 9.17) is 21.7 Å². The van der Waals surface area contributed by atoms with Crippen molar-refractivity contribution >= 4 is 50.7 Å². The highest BCUT2D eigenvalue weighted by atomic mass is 35.5. The lowest BCUT2D eigenvalue weighted by Gasteiger charge is -2.54. The van der Waals surface area contributed by atoms with Gasteiger partial charge in [-0.05, 0) is 104 Å². The van der Waals surface area contributed by atoms with Crippen molar-refractivity contribution in [3.8, 4) is 28.2 Å². The predicted molar refractivity (Wildman–Crippen MR) is 245 cm³/mol. The molecule has 65 heavy (non-hydrogen) atoms. The molecule has 10 rings (SSSR count). The van der Waals surface area contributed by atoms with Gasteiger partial charge in [0, 0.05) is 111 Å². The Balaban J connectivity index is 0.743. The number of benzene rings is 2. The van der Waals surface area contributed by atoms with Gasteiger partial charge in [-0.25, -0.2) is 18.4 Å². The molecule has 1 spiro atoms. The van der Waals surface area contributed by atoms with Crippen LogP contribution in [0, 0.1) is 17.2 Å². The zero-order valence-corrected chi connectivity index (χ0v) is 37.5. The maximum atomic E-state index is 16.4. The first-order valence-electron chi connectivity index (χ1n) is 22.4. The van der Waals surface area contributed by atoms with E-state index in [0.29, 0.717) is 40.9 Å². The summed E-state index contributed by atoms with van der Waals surface area (Å²) in [4.78, 5) is 40.2. The van der Waals surface area contributed by atoms with E-state index in [0.717, 1.165) is 67.3 Å². The van der Waals surface area contributed by atoms with Crippen LogP contribution >= 0.6 is 11.6 Å². The van der Waals surface area contributed by atoms with Gasteiger partial charge in [0.2, 0.25) is 11.8 Å². The molecule has 340 valence electrons. The number of piperidine rings is 2. The molecule has 4 aliphatic heterocycles. The van der Waals surface area contributed by atoms with Crippen molar-refractivity contribution in [1.82, 2.24) is 34.3 Å². The quantitative estimate of drug-likeness (QED) is 0.135. The lowest BCUT2D eigenvalue weighted by molar-refractivity contribution is -0.134. The van der Waals surface area contributed by atoms with Crippen LogP contribution in [0.3, 0.4) is 0 Å². The first-order valence-corrected chi connectivity index (χ1v) is 24.2. The Morgan fingerprint density at radius 1 is 0.862 bits per heavy atom. The maximum absolute atomic E-state index is 16.4. The molecule has 7 heterocycles. The molecule has 3 aromatic heterocycles. The van der Waals surface area contributed by atoms with Crippen molar-refractivity contribution in [2.75, 3.05) is 73.4 Å². The molecule has 2 atom stereocenters. The van der Waals surface area contributed by atoms with E-state index in [-0.39, 0.29) is 53.5 Å². The van der Waals surface area contributed by atoms with Crippen molar-refractivity contribution in [3.05, 3.63) is 102 Å². The second-order valence-electron chi connectivity index (χ2n) is 18.3. The Morgan fingerprint density at radius 3 is 2.26 bits per heavy atom. The molecule has 1 saturated carbocycles. The number of alkyl halides is 1. The van der Waals surface area contributed by atoms with Crippen LogP contribution in [-0.2, 0) is 19.8 Å². The molecule has 14 nitrogen and oxygen atoms in total. The van der Waals surface area contributed by atoms with Crippen LogP contribution in [0.25, 0.3) is 28.2 Å². The Morgan fingerprint density at radius 2 is 1.58 bits per heavy atom. The second kappa shape index (κ2) is 17.7. The minimum atomic E-state index is -4.24. The van der Waals surface area contributed by atoms with E-state index in [9.17, 15) is 22.4 Å². The van der Waals surface area contributed by atoms with Gasteiger partial charge in [0.05, 0.1) is 23.5 Å². The number of piperazine rings is 1. The van der Waals surface area contributed by atoms with Gasteiger partial charge in [0.25, 0.3) is 0 Å². The summed E-state index contributed by atoms with van der Waals surface area (Å²) >= 11 is 6.47. The standard InChI is InChI=1S/C47H51ClF2N10O4S/c48-34-23-39(44(50)41(24-34)55-65(63,64)59-16-11-35(49)29-59)40-30-60(54-45(40)33-9-14-51-15-10-33)42-7-5-37(27-52-42)58-21-19-56(20-22-58)28-31-25-47(26-31)12-17-57(18-13-47)36-3-1-32(2-4-36)38-6-8-43(61)53-46(38)62/h1-5,7,9-10,14-15,23-24,27,30-31,35,38,55H,6,8,11-13,16-22,25-26,28-29H2,(H,53,61,62)/t35-,38?/m1/s1. The normalized spacial score (nSPS) is 22.0. The zero-order chi connectivity index (χ0) is 44.9. The Hall–Kier alpha value is -5.49. The molecule has 5 aliphatic rings. The van der Waals surface area contributed by atoms with Crippen LogP contribution in [0.5, 0.6) is 0 Å². The van der Waals surface area contributed by atoms with Crippen molar-refractivity contribution in [1.29, 1.82) is 0 Å². The maximum Gasteiger partial charge on any atom is 0.301 e. The monoisotopic (exact) mass is 924 g/mol. The summed E-state index contributed by atoms with van der Waals surface area (Å²) in [5, 5.41) is 7.39. The summed E-state index contributed by atoms with van der Waals surface area (Å²) < 4.78 is 61.2. The first-order chi connectivity index (χ1) is 31.4. The fourth-order valence-electron chi connectivity index (χ4n) is 10.5. The van der Waals surface area contributed by atoms with Gasteiger partial charge in [-0.2, -0.15) is 17.8 Å². The topological polar surface area (TPSA) is 149 Å². The summed E-state index contributed by atoms with van der Waals surface area (Å²) in [6.45, 7) is 6.63. The van der Waals surface area contributed by atoms with Crippen LogP contribution in [-0.4, -0.2) is 114 Å². The number of nitrogens with zero attached hydrogens (tertiary/aromatic N) is 8. The van der Waals surface area contributed by atoms with Gasteiger partial charge in [-0.3, -0.25) is 29.5 Å². The zero-order valence-electron chi connectivity index (χ0n) is 35.9. The molecule has 18 heteroatoms. The average Bonchev–Trinajstić information content (AvgIpc) is 3.96. The minimum absolute atomic E-state index is 0.00776. The van der Waals surface area contributed by atoms with Gasteiger partial charge >= 0.3 is 10.2 Å². The molecule has 2 aromatic carbocycles. The molecule has 0 radical (unpaired) electrons. The number of hydrogen-bond donors (Lipinski definition) is 2. The third-order valence-electron chi connectivity index (χ3n) is 14.1. The second-order valence-corrected chi connectivity index (χ2v) is 20.4. The Bertz CT molecular complexity index is 2670. The number of nitrogens with one attached hydrogen (secondary N) is 2. The average molecular weight is 926 g/mol. The van der Waals surface area contributed by atoms with Crippen LogP contribution in [0.15, 0.2) is 85.5 Å². The molecule has 1 unspecified atom stereocenters. The van der Waals surface area contributed by atoms with Gasteiger partial charge < -0.3 is 9.80 Å². The fraction of sp³-hybridized carbons (Fsp3) is 0.426. The molecular weight excluding hydrogens is 874 g/mol. The van der Waals surface area contributed by atoms with Gasteiger partial charge in [-0.15, -0.1) is 0 Å². The third kappa shape index (κ3) is 9.07. The predicted octanol–water partition coefficient (Wildman–Crippen LogP) is 6.83. The number of amides is 2. The van der Waals surface area contributed by atoms with E-state index in [1.807, 2.05) is 30.5 Å². The molecule has 1 aliphatic carbocycles. The van der Waals surface area contributed by atoms with Gasteiger partial charge in [0.1, 0.15) is 11.9 Å². The number of aromatic nitrogens is 4. The molecule has 0 bridgehead atoms. The van der Waals surface area contributed by atoms with Crippen LogP contribution < -0.4 is 19.8 Å².